The van der Waals surface area contributed by atoms with E-state index in [1.165, 1.54) is 20.5 Å². The SMILES string of the molecule is CC(C)CCn1c(=O)c2sccc2n(CC(=O)NC[C@H]2CCCO2)c1=O. The molecule has 0 spiro atoms. The monoisotopic (exact) mass is 379 g/mol. The summed E-state index contributed by atoms with van der Waals surface area (Å²) in [6.45, 7) is 5.54. The minimum atomic E-state index is -0.422. The van der Waals surface area contributed by atoms with Crippen LogP contribution in [0.2, 0.25) is 0 Å². The van der Waals surface area contributed by atoms with Crippen LogP contribution in [0.1, 0.15) is 33.1 Å². The molecular formula is C18H25N3O4S. The van der Waals surface area contributed by atoms with Gasteiger partial charge in [0.1, 0.15) is 11.2 Å². The van der Waals surface area contributed by atoms with Crippen LogP contribution >= 0.6 is 11.3 Å². The van der Waals surface area contributed by atoms with Gasteiger partial charge >= 0.3 is 5.69 Å². The molecule has 0 bridgehead atoms. The van der Waals surface area contributed by atoms with E-state index in [2.05, 4.69) is 5.32 Å². The Labute approximate surface area is 155 Å². The van der Waals surface area contributed by atoms with Crippen LogP contribution in [0.25, 0.3) is 10.2 Å². The number of carbonyl (C=O) groups excluding carboxylic acids is 1. The largest absolute Gasteiger partial charge is 0.376 e. The quantitative estimate of drug-likeness (QED) is 0.792. The molecule has 7 nitrogen and oxygen atoms in total. The summed E-state index contributed by atoms with van der Waals surface area (Å²) in [5, 5.41) is 4.61. The number of hydrogen-bond donors (Lipinski definition) is 1. The number of ether oxygens (including phenoxy) is 1. The van der Waals surface area contributed by atoms with Crippen molar-refractivity contribution < 1.29 is 9.53 Å². The van der Waals surface area contributed by atoms with Gasteiger partial charge in [0.05, 0.1) is 11.6 Å². The van der Waals surface area contributed by atoms with Crippen molar-refractivity contribution in [2.24, 2.45) is 5.92 Å². The molecule has 1 saturated heterocycles. The molecule has 1 aliphatic rings. The fourth-order valence-corrected chi connectivity index (χ4v) is 3.95. The van der Waals surface area contributed by atoms with Gasteiger partial charge in [-0.25, -0.2) is 4.79 Å². The number of aromatic nitrogens is 2. The molecule has 2 aromatic heterocycles. The Morgan fingerprint density at radius 2 is 2.19 bits per heavy atom. The predicted octanol–water partition coefficient (Wildman–Crippen LogP) is 1.57. The molecule has 1 fully saturated rings. The minimum absolute atomic E-state index is 0.0526. The number of nitrogens with zero attached hydrogens (tertiary/aromatic N) is 2. The normalized spacial score (nSPS) is 17.3. The van der Waals surface area contributed by atoms with E-state index < -0.39 is 5.69 Å². The molecule has 3 rings (SSSR count). The Morgan fingerprint density at radius 3 is 2.88 bits per heavy atom. The molecule has 0 unspecified atom stereocenters. The molecule has 8 heteroatoms. The Bertz CT molecular complexity index is 890. The van der Waals surface area contributed by atoms with Crippen molar-refractivity contribution in [1.82, 2.24) is 14.5 Å². The number of nitrogens with one attached hydrogen (secondary N) is 1. The van der Waals surface area contributed by atoms with Gasteiger partial charge in [0.25, 0.3) is 5.56 Å². The summed E-state index contributed by atoms with van der Waals surface area (Å²) < 4.78 is 8.67. The number of thiophene rings is 1. The maximum atomic E-state index is 12.8. The highest BCUT2D eigenvalue weighted by Crippen LogP contribution is 2.15. The van der Waals surface area contributed by atoms with Crippen molar-refractivity contribution in [3.8, 4) is 0 Å². The first kappa shape index (κ1) is 18.8. The van der Waals surface area contributed by atoms with Gasteiger partial charge in [-0.1, -0.05) is 13.8 Å². The lowest BCUT2D eigenvalue weighted by Crippen LogP contribution is -2.43. The van der Waals surface area contributed by atoms with Crippen LogP contribution in [0.5, 0.6) is 0 Å². The van der Waals surface area contributed by atoms with Crippen LogP contribution < -0.4 is 16.6 Å². The van der Waals surface area contributed by atoms with E-state index >= 15 is 0 Å². The zero-order valence-corrected chi connectivity index (χ0v) is 16.0. The van der Waals surface area contributed by atoms with Gasteiger partial charge < -0.3 is 10.1 Å². The number of fused-ring (bicyclic) bond motifs is 1. The van der Waals surface area contributed by atoms with Gasteiger partial charge in [0.2, 0.25) is 5.91 Å². The van der Waals surface area contributed by atoms with Crippen molar-refractivity contribution in [3.63, 3.8) is 0 Å². The third-order valence-corrected chi connectivity index (χ3v) is 5.51. The second-order valence-corrected chi connectivity index (χ2v) is 8.00. The standard InChI is InChI=1S/C18H25N3O4S/c1-12(2)5-7-20-17(23)16-14(6-9-26-16)21(18(20)24)11-15(22)19-10-13-4-3-8-25-13/h6,9,12-13H,3-5,7-8,10-11H2,1-2H3,(H,19,22)/t13-/m1/s1. The Morgan fingerprint density at radius 1 is 1.38 bits per heavy atom. The Kier molecular flexibility index (Phi) is 5.93. The van der Waals surface area contributed by atoms with E-state index in [4.69, 9.17) is 4.74 Å². The maximum absolute atomic E-state index is 12.8. The van der Waals surface area contributed by atoms with Crippen molar-refractivity contribution in [2.75, 3.05) is 13.2 Å². The van der Waals surface area contributed by atoms with E-state index in [9.17, 15) is 14.4 Å². The van der Waals surface area contributed by atoms with E-state index in [1.54, 1.807) is 11.4 Å². The molecule has 26 heavy (non-hydrogen) atoms. The average Bonchev–Trinajstić information content (AvgIpc) is 3.28. The molecule has 1 amide bonds. The number of hydrogen-bond acceptors (Lipinski definition) is 5. The molecule has 1 aliphatic heterocycles. The molecule has 0 aliphatic carbocycles. The third-order valence-electron chi connectivity index (χ3n) is 4.62. The summed E-state index contributed by atoms with van der Waals surface area (Å²) in [4.78, 5) is 37.8. The zero-order valence-electron chi connectivity index (χ0n) is 15.2. The van der Waals surface area contributed by atoms with Gasteiger partial charge in [0.15, 0.2) is 0 Å². The highest BCUT2D eigenvalue weighted by molar-refractivity contribution is 7.17. The smallest absolute Gasteiger partial charge is 0.332 e. The highest BCUT2D eigenvalue weighted by Gasteiger charge is 2.19. The number of carbonyl (C=O) groups is 1. The summed E-state index contributed by atoms with van der Waals surface area (Å²) in [6, 6.07) is 1.73. The number of rotatable bonds is 7. The van der Waals surface area contributed by atoms with Crippen LogP contribution in [0.3, 0.4) is 0 Å². The lowest BCUT2D eigenvalue weighted by Gasteiger charge is -2.14. The first-order chi connectivity index (χ1) is 12.5. The third kappa shape index (κ3) is 4.07. The Hall–Kier alpha value is -1.93. The van der Waals surface area contributed by atoms with Crippen LogP contribution in [-0.4, -0.2) is 34.3 Å². The summed E-state index contributed by atoms with van der Waals surface area (Å²) in [7, 11) is 0. The first-order valence-corrected chi connectivity index (χ1v) is 9.94. The summed E-state index contributed by atoms with van der Waals surface area (Å²) >= 11 is 1.30. The molecule has 142 valence electrons. The van der Waals surface area contributed by atoms with Gasteiger partial charge in [0, 0.05) is 19.7 Å². The maximum Gasteiger partial charge on any atom is 0.332 e. The molecule has 1 atom stereocenters. The van der Waals surface area contributed by atoms with Crippen molar-refractivity contribution in [3.05, 3.63) is 32.3 Å². The van der Waals surface area contributed by atoms with Crippen LogP contribution in [0.15, 0.2) is 21.0 Å². The molecule has 0 saturated carbocycles. The number of amides is 1. The molecule has 0 radical (unpaired) electrons. The van der Waals surface area contributed by atoms with Crippen LogP contribution in [0, 0.1) is 5.92 Å². The molecule has 3 heterocycles. The first-order valence-electron chi connectivity index (χ1n) is 9.06. The second kappa shape index (κ2) is 8.18. The fraction of sp³-hybridized carbons (Fsp3) is 0.611. The van der Waals surface area contributed by atoms with Gasteiger partial charge in [-0.15, -0.1) is 11.3 Å². The van der Waals surface area contributed by atoms with Crippen LogP contribution in [-0.2, 0) is 22.6 Å². The van der Waals surface area contributed by atoms with Crippen molar-refractivity contribution in [1.29, 1.82) is 0 Å². The van der Waals surface area contributed by atoms with Crippen molar-refractivity contribution in [2.45, 2.75) is 52.3 Å². The topological polar surface area (TPSA) is 82.3 Å². The average molecular weight is 379 g/mol. The molecule has 0 aromatic carbocycles. The summed E-state index contributed by atoms with van der Waals surface area (Å²) in [5.74, 6) is 0.132. The lowest BCUT2D eigenvalue weighted by molar-refractivity contribution is -0.122. The molecular weight excluding hydrogens is 354 g/mol. The van der Waals surface area contributed by atoms with Crippen LogP contribution in [0.4, 0.5) is 0 Å². The second-order valence-electron chi connectivity index (χ2n) is 7.08. The zero-order chi connectivity index (χ0) is 18.7. The lowest BCUT2D eigenvalue weighted by atomic mass is 10.1. The van der Waals surface area contributed by atoms with Gasteiger partial charge in [-0.05, 0) is 36.6 Å². The van der Waals surface area contributed by atoms with E-state index in [0.717, 1.165) is 25.9 Å². The van der Waals surface area contributed by atoms with E-state index in [0.29, 0.717) is 29.2 Å². The molecule has 2 aromatic rings. The predicted molar refractivity (Wildman–Crippen MR) is 102 cm³/mol. The highest BCUT2D eigenvalue weighted by atomic mass is 32.1. The van der Waals surface area contributed by atoms with Crippen molar-refractivity contribution >= 4 is 27.5 Å². The fourth-order valence-electron chi connectivity index (χ4n) is 3.10. The summed E-state index contributed by atoms with van der Waals surface area (Å²) in [6.07, 6.45) is 2.74. The van der Waals surface area contributed by atoms with Gasteiger partial charge in [-0.3, -0.25) is 18.7 Å². The molecule has 1 N–H and O–H groups in total. The minimum Gasteiger partial charge on any atom is -0.376 e. The summed E-state index contributed by atoms with van der Waals surface area (Å²) in [5.41, 5.74) is -0.163. The van der Waals surface area contributed by atoms with Gasteiger partial charge in [-0.2, -0.15) is 0 Å². The van der Waals surface area contributed by atoms with E-state index in [1.807, 2.05) is 13.8 Å². The Balaban J connectivity index is 1.84. The van der Waals surface area contributed by atoms with E-state index in [-0.39, 0.29) is 24.1 Å².